The molecule has 0 saturated carbocycles. The smallest absolute Gasteiger partial charge is 0.224 e. The predicted octanol–water partition coefficient (Wildman–Crippen LogP) is 3.43. The molecule has 0 heterocycles. The van der Waals surface area contributed by atoms with Gasteiger partial charge in [-0.1, -0.05) is 29.8 Å². The summed E-state index contributed by atoms with van der Waals surface area (Å²) in [5.74, 6) is -0.379. The molecule has 0 aromatic heterocycles. The summed E-state index contributed by atoms with van der Waals surface area (Å²) >= 11 is 5.96. The van der Waals surface area contributed by atoms with E-state index in [1.165, 1.54) is 12.1 Å². The van der Waals surface area contributed by atoms with Gasteiger partial charge in [0.2, 0.25) is 5.91 Å². The van der Waals surface area contributed by atoms with Crippen molar-refractivity contribution in [3.8, 4) is 11.1 Å². The Bertz CT molecular complexity index is 596. The molecule has 2 nitrogen and oxygen atoms in total. The minimum absolute atomic E-state index is 0.0920. The lowest BCUT2D eigenvalue weighted by Gasteiger charge is -2.10. The molecule has 0 radical (unpaired) electrons. The van der Waals surface area contributed by atoms with Crippen LogP contribution in [0.1, 0.15) is 5.56 Å². The van der Waals surface area contributed by atoms with Gasteiger partial charge in [0, 0.05) is 12.1 Å². The molecule has 0 saturated heterocycles. The summed E-state index contributed by atoms with van der Waals surface area (Å²) in [6, 6.07) is 11.5. The minimum Gasteiger partial charge on any atom is -0.359 e. The molecule has 2 rings (SSSR count). The fraction of sp³-hybridized carbons (Fsp3) is 0.133. The summed E-state index contributed by atoms with van der Waals surface area (Å²) in [6.07, 6.45) is 0.240. The van der Waals surface area contributed by atoms with E-state index < -0.39 is 0 Å². The van der Waals surface area contributed by atoms with Crippen molar-refractivity contribution in [2.45, 2.75) is 6.42 Å². The highest BCUT2D eigenvalue weighted by atomic mass is 35.5. The van der Waals surface area contributed by atoms with Crippen molar-refractivity contribution >= 4 is 17.5 Å². The van der Waals surface area contributed by atoms with Gasteiger partial charge in [0.05, 0.1) is 6.42 Å². The van der Waals surface area contributed by atoms with Gasteiger partial charge in [-0.2, -0.15) is 0 Å². The largest absolute Gasteiger partial charge is 0.359 e. The van der Waals surface area contributed by atoms with Gasteiger partial charge < -0.3 is 5.32 Å². The summed E-state index contributed by atoms with van der Waals surface area (Å²) in [7, 11) is 1.59. The van der Waals surface area contributed by atoms with Crippen LogP contribution in [0.2, 0.25) is 5.02 Å². The summed E-state index contributed by atoms with van der Waals surface area (Å²) in [5, 5.41) is 3.15. The molecule has 0 spiro atoms. The number of carbonyl (C=O) groups is 1. The maximum Gasteiger partial charge on any atom is 0.224 e. The van der Waals surface area contributed by atoms with Crippen LogP contribution < -0.4 is 5.32 Å². The van der Waals surface area contributed by atoms with E-state index in [2.05, 4.69) is 5.32 Å². The fourth-order valence-corrected chi connectivity index (χ4v) is 2.08. The van der Waals surface area contributed by atoms with Gasteiger partial charge in [-0.05, 0) is 41.0 Å². The van der Waals surface area contributed by atoms with E-state index in [0.717, 1.165) is 16.7 Å². The zero-order valence-corrected chi connectivity index (χ0v) is 11.2. The van der Waals surface area contributed by atoms with Crippen LogP contribution in [0.4, 0.5) is 4.39 Å². The molecule has 2 aromatic rings. The van der Waals surface area contributed by atoms with Crippen LogP contribution in [0, 0.1) is 5.82 Å². The summed E-state index contributed by atoms with van der Waals surface area (Å²) in [4.78, 5) is 11.5. The van der Waals surface area contributed by atoms with Gasteiger partial charge in [-0.3, -0.25) is 4.79 Å². The Morgan fingerprint density at radius 2 is 1.89 bits per heavy atom. The van der Waals surface area contributed by atoms with Crippen LogP contribution in [0.15, 0.2) is 42.5 Å². The van der Waals surface area contributed by atoms with E-state index in [1.54, 1.807) is 31.3 Å². The van der Waals surface area contributed by atoms with Gasteiger partial charge in [0.15, 0.2) is 0 Å². The summed E-state index contributed by atoms with van der Waals surface area (Å²) in [5.41, 5.74) is 2.56. The molecule has 1 amide bonds. The van der Waals surface area contributed by atoms with Gasteiger partial charge in [-0.25, -0.2) is 4.39 Å². The Morgan fingerprint density at radius 1 is 1.21 bits per heavy atom. The number of hydrogen-bond acceptors (Lipinski definition) is 1. The van der Waals surface area contributed by atoms with Crippen molar-refractivity contribution in [2.24, 2.45) is 0 Å². The highest BCUT2D eigenvalue weighted by Gasteiger charge is 2.09. The second-order valence-electron chi connectivity index (χ2n) is 4.16. The zero-order chi connectivity index (χ0) is 13.8. The Balaban J connectivity index is 2.44. The highest BCUT2D eigenvalue weighted by Crippen LogP contribution is 2.27. The van der Waals surface area contributed by atoms with Gasteiger partial charge in [0.1, 0.15) is 5.82 Å². The number of halogens is 2. The first kappa shape index (κ1) is 13.6. The number of amides is 1. The van der Waals surface area contributed by atoms with Crippen LogP contribution >= 0.6 is 11.6 Å². The SMILES string of the molecule is CNC(=O)Cc1cc(Cl)ccc1-c1ccc(F)cc1. The predicted molar refractivity (Wildman–Crippen MR) is 74.6 cm³/mol. The van der Waals surface area contributed by atoms with Gasteiger partial charge in [-0.15, -0.1) is 0 Å². The van der Waals surface area contributed by atoms with E-state index in [4.69, 9.17) is 11.6 Å². The molecule has 1 N–H and O–H groups in total. The monoisotopic (exact) mass is 277 g/mol. The topological polar surface area (TPSA) is 29.1 Å². The van der Waals surface area contributed by atoms with E-state index >= 15 is 0 Å². The Labute approximate surface area is 116 Å². The molecular weight excluding hydrogens is 265 g/mol. The van der Waals surface area contributed by atoms with Crippen molar-refractivity contribution in [1.29, 1.82) is 0 Å². The first-order valence-corrected chi connectivity index (χ1v) is 6.23. The molecule has 4 heteroatoms. The van der Waals surface area contributed by atoms with E-state index in [1.807, 2.05) is 6.07 Å². The first-order valence-electron chi connectivity index (χ1n) is 5.85. The maximum atomic E-state index is 12.9. The van der Waals surface area contributed by atoms with Crippen molar-refractivity contribution in [3.05, 3.63) is 58.9 Å². The molecule has 0 aliphatic carbocycles. The number of likely N-dealkylation sites (N-methyl/N-ethyl adjacent to an activating group) is 1. The van der Waals surface area contributed by atoms with Crippen LogP contribution in [0.25, 0.3) is 11.1 Å². The Kier molecular flexibility index (Phi) is 4.17. The van der Waals surface area contributed by atoms with Crippen molar-refractivity contribution in [2.75, 3.05) is 7.05 Å². The summed E-state index contributed by atoms with van der Waals surface area (Å²) in [6.45, 7) is 0. The molecule has 0 unspecified atom stereocenters. The number of carbonyl (C=O) groups excluding carboxylic acids is 1. The fourth-order valence-electron chi connectivity index (χ4n) is 1.88. The maximum absolute atomic E-state index is 12.9. The van der Waals surface area contributed by atoms with Crippen LogP contribution in [-0.2, 0) is 11.2 Å². The normalized spacial score (nSPS) is 10.3. The van der Waals surface area contributed by atoms with Crippen molar-refractivity contribution < 1.29 is 9.18 Å². The molecule has 0 atom stereocenters. The lowest BCUT2D eigenvalue weighted by molar-refractivity contribution is -0.119. The molecule has 98 valence electrons. The van der Waals surface area contributed by atoms with E-state index in [-0.39, 0.29) is 18.1 Å². The molecule has 0 bridgehead atoms. The standard InChI is InChI=1S/C15H13ClFNO/c1-18-15(19)9-11-8-12(16)4-7-14(11)10-2-5-13(17)6-3-10/h2-8H,9H2,1H3,(H,18,19). The molecule has 2 aromatic carbocycles. The van der Waals surface area contributed by atoms with Crippen molar-refractivity contribution in [3.63, 3.8) is 0 Å². The zero-order valence-electron chi connectivity index (χ0n) is 10.4. The highest BCUT2D eigenvalue weighted by molar-refractivity contribution is 6.30. The molecule has 0 aliphatic heterocycles. The third-order valence-corrected chi connectivity index (χ3v) is 3.09. The molecule has 0 aliphatic rings. The van der Waals surface area contributed by atoms with Crippen LogP contribution in [-0.4, -0.2) is 13.0 Å². The Morgan fingerprint density at radius 3 is 2.53 bits per heavy atom. The Hall–Kier alpha value is -1.87. The lowest BCUT2D eigenvalue weighted by atomic mass is 9.97. The second-order valence-corrected chi connectivity index (χ2v) is 4.59. The van der Waals surface area contributed by atoms with E-state index in [9.17, 15) is 9.18 Å². The lowest BCUT2D eigenvalue weighted by Crippen LogP contribution is -2.20. The number of nitrogens with one attached hydrogen (secondary N) is 1. The third-order valence-electron chi connectivity index (χ3n) is 2.85. The van der Waals surface area contributed by atoms with Gasteiger partial charge >= 0.3 is 0 Å². The molecule has 19 heavy (non-hydrogen) atoms. The van der Waals surface area contributed by atoms with Crippen LogP contribution in [0.3, 0.4) is 0 Å². The van der Waals surface area contributed by atoms with Crippen molar-refractivity contribution in [1.82, 2.24) is 5.32 Å². The molecule has 0 fully saturated rings. The minimum atomic E-state index is -0.287. The summed E-state index contributed by atoms with van der Waals surface area (Å²) < 4.78 is 12.9. The number of rotatable bonds is 3. The van der Waals surface area contributed by atoms with Gasteiger partial charge in [0.25, 0.3) is 0 Å². The molecular formula is C15H13ClFNO. The average molecular weight is 278 g/mol. The quantitative estimate of drug-likeness (QED) is 0.915. The van der Waals surface area contributed by atoms with E-state index in [0.29, 0.717) is 5.02 Å². The average Bonchev–Trinajstić information content (AvgIpc) is 2.40. The third kappa shape index (κ3) is 3.32. The first-order chi connectivity index (χ1) is 9.10. The second kappa shape index (κ2) is 5.85. The number of benzene rings is 2. The van der Waals surface area contributed by atoms with Crippen LogP contribution in [0.5, 0.6) is 0 Å². The number of hydrogen-bond donors (Lipinski definition) is 1.